The zero-order valence-electron chi connectivity index (χ0n) is 6.79. The maximum atomic E-state index is 8.82. The highest BCUT2D eigenvalue weighted by Gasteiger charge is 2.35. The van der Waals surface area contributed by atoms with E-state index in [1.54, 1.807) is 0 Å². The summed E-state index contributed by atoms with van der Waals surface area (Å²) in [5.74, 6) is 0. The first-order valence-electron chi connectivity index (χ1n) is 4.49. The molecule has 1 heterocycles. The van der Waals surface area contributed by atoms with E-state index >= 15 is 0 Å². The van der Waals surface area contributed by atoms with E-state index in [4.69, 9.17) is 5.11 Å². The Kier molecular flexibility index (Phi) is 2.11. The van der Waals surface area contributed by atoms with Crippen LogP contribution in [0, 0.1) is 0 Å². The van der Waals surface area contributed by atoms with E-state index in [2.05, 4.69) is 10.2 Å². The van der Waals surface area contributed by atoms with E-state index in [1.807, 2.05) is 0 Å². The Labute approximate surface area is 67.4 Å². The second kappa shape index (κ2) is 3.09. The molecule has 0 atom stereocenters. The quantitative estimate of drug-likeness (QED) is 0.571. The molecule has 3 heteroatoms. The van der Waals surface area contributed by atoms with Crippen LogP contribution in [-0.2, 0) is 0 Å². The average molecular weight is 156 g/mol. The lowest BCUT2D eigenvalue weighted by molar-refractivity contribution is 0.108. The summed E-state index contributed by atoms with van der Waals surface area (Å²) in [5.41, 5.74) is 0. The lowest BCUT2D eigenvalue weighted by atomic mass is 10.1. The standard InChI is InChI=1S/C8H16N2O/c11-4-3-10(7-1-2-7)8-5-9-6-8/h7-9,11H,1-6H2. The third kappa shape index (κ3) is 1.55. The summed E-state index contributed by atoms with van der Waals surface area (Å²) in [4.78, 5) is 2.45. The van der Waals surface area contributed by atoms with Crippen molar-refractivity contribution in [2.75, 3.05) is 26.2 Å². The summed E-state index contributed by atoms with van der Waals surface area (Å²) in [5, 5.41) is 12.1. The van der Waals surface area contributed by atoms with Crippen LogP contribution in [0.15, 0.2) is 0 Å². The number of aliphatic hydroxyl groups excluding tert-OH is 1. The molecule has 0 amide bonds. The summed E-state index contributed by atoms with van der Waals surface area (Å²) >= 11 is 0. The molecule has 0 aromatic heterocycles. The normalized spacial score (nSPS) is 25.6. The minimum absolute atomic E-state index is 0.313. The molecule has 0 aromatic rings. The Balaban J connectivity index is 1.81. The van der Waals surface area contributed by atoms with Gasteiger partial charge in [0.1, 0.15) is 0 Å². The van der Waals surface area contributed by atoms with Crippen molar-refractivity contribution >= 4 is 0 Å². The van der Waals surface area contributed by atoms with Gasteiger partial charge in [0.05, 0.1) is 6.61 Å². The van der Waals surface area contributed by atoms with E-state index < -0.39 is 0 Å². The topological polar surface area (TPSA) is 35.5 Å². The van der Waals surface area contributed by atoms with Crippen molar-refractivity contribution in [3.63, 3.8) is 0 Å². The molecule has 0 unspecified atom stereocenters. The Bertz CT molecular complexity index is 132. The van der Waals surface area contributed by atoms with Gasteiger partial charge in [0, 0.05) is 31.7 Å². The fraction of sp³-hybridized carbons (Fsp3) is 1.00. The van der Waals surface area contributed by atoms with Crippen LogP contribution in [0.25, 0.3) is 0 Å². The Hall–Kier alpha value is -0.120. The molecule has 64 valence electrons. The largest absolute Gasteiger partial charge is 0.395 e. The molecule has 2 aliphatic rings. The van der Waals surface area contributed by atoms with Gasteiger partial charge in [0.2, 0.25) is 0 Å². The highest BCUT2D eigenvalue weighted by atomic mass is 16.3. The maximum absolute atomic E-state index is 8.82. The van der Waals surface area contributed by atoms with E-state index in [1.165, 1.54) is 12.8 Å². The molecule has 3 nitrogen and oxygen atoms in total. The second-order valence-corrected chi connectivity index (χ2v) is 3.50. The van der Waals surface area contributed by atoms with Gasteiger partial charge in [0.15, 0.2) is 0 Å². The number of aliphatic hydroxyl groups is 1. The first-order valence-corrected chi connectivity index (χ1v) is 4.49. The highest BCUT2D eigenvalue weighted by Crippen LogP contribution is 2.28. The van der Waals surface area contributed by atoms with Gasteiger partial charge in [-0.3, -0.25) is 4.90 Å². The third-order valence-corrected chi connectivity index (χ3v) is 2.60. The van der Waals surface area contributed by atoms with E-state index in [-0.39, 0.29) is 0 Å². The number of rotatable bonds is 4. The Morgan fingerprint density at radius 1 is 1.27 bits per heavy atom. The van der Waals surface area contributed by atoms with Crippen molar-refractivity contribution in [1.82, 2.24) is 10.2 Å². The molecule has 0 bridgehead atoms. The lowest BCUT2D eigenvalue weighted by Crippen LogP contribution is -2.58. The zero-order chi connectivity index (χ0) is 7.68. The molecule has 11 heavy (non-hydrogen) atoms. The van der Waals surface area contributed by atoms with Gasteiger partial charge in [-0.25, -0.2) is 0 Å². The van der Waals surface area contributed by atoms with E-state index in [9.17, 15) is 0 Å². The SMILES string of the molecule is OCCN(C1CC1)C1CNC1. The van der Waals surface area contributed by atoms with Crippen molar-refractivity contribution < 1.29 is 5.11 Å². The van der Waals surface area contributed by atoms with Gasteiger partial charge in [-0.05, 0) is 12.8 Å². The molecular weight excluding hydrogens is 140 g/mol. The van der Waals surface area contributed by atoms with Gasteiger partial charge in [-0.1, -0.05) is 0 Å². The molecule has 1 saturated heterocycles. The third-order valence-electron chi connectivity index (χ3n) is 2.60. The fourth-order valence-corrected chi connectivity index (χ4v) is 1.69. The van der Waals surface area contributed by atoms with Crippen molar-refractivity contribution in [3.05, 3.63) is 0 Å². The fourth-order valence-electron chi connectivity index (χ4n) is 1.69. The van der Waals surface area contributed by atoms with Crippen LogP contribution in [0.1, 0.15) is 12.8 Å². The molecule has 2 rings (SSSR count). The average Bonchev–Trinajstić information content (AvgIpc) is 2.63. The Morgan fingerprint density at radius 2 is 2.00 bits per heavy atom. The molecule has 1 saturated carbocycles. The predicted molar refractivity (Wildman–Crippen MR) is 43.5 cm³/mol. The maximum Gasteiger partial charge on any atom is 0.0558 e. The predicted octanol–water partition coefficient (Wildman–Crippen LogP) is -0.585. The van der Waals surface area contributed by atoms with Gasteiger partial charge in [-0.15, -0.1) is 0 Å². The first kappa shape index (κ1) is 7.53. The smallest absolute Gasteiger partial charge is 0.0558 e. The highest BCUT2D eigenvalue weighted by molar-refractivity contribution is 4.93. The minimum atomic E-state index is 0.313. The molecule has 0 aromatic carbocycles. The van der Waals surface area contributed by atoms with Crippen molar-refractivity contribution in [3.8, 4) is 0 Å². The van der Waals surface area contributed by atoms with Crippen molar-refractivity contribution in [2.24, 2.45) is 0 Å². The zero-order valence-corrected chi connectivity index (χ0v) is 6.79. The van der Waals surface area contributed by atoms with Gasteiger partial charge < -0.3 is 10.4 Å². The minimum Gasteiger partial charge on any atom is -0.395 e. The van der Waals surface area contributed by atoms with Crippen LogP contribution in [0.2, 0.25) is 0 Å². The van der Waals surface area contributed by atoms with E-state index in [0.717, 1.165) is 31.7 Å². The van der Waals surface area contributed by atoms with Crippen LogP contribution >= 0.6 is 0 Å². The Morgan fingerprint density at radius 3 is 2.36 bits per heavy atom. The summed E-state index contributed by atoms with van der Waals surface area (Å²) < 4.78 is 0. The van der Waals surface area contributed by atoms with Crippen LogP contribution in [0.3, 0.4) is 0 Å². The summed E-state index contributed by atoms with van der Waals surface area (Å²) in [6.45, 7) is 3.43. The van der Waals surface area contributed by atoms with Gasteiger partial charge in [-0.2, -0.15) is 0 Å². The molecule has 0 radical (unpaired) electrons. The summed E-state index contributed by atoms with van der Waals surface area (Å²) in [7, 11) is 0. The molecule has 1 aliphatic carbocycles. The number of nitrogens with zero attached hydrogens (tertiary/aromatic N) is 1. The molecule has 2 N–H and O–H groups in total. The first-order chi connectivity index (χ1) is 5.42. The van der Waals surface area contributed by atoms with Gasteiger partial charge >= 0.3 is 0 Å². The summed E-state index contributed by atoms with van der Waals surface area (Å²) in [6.07, 6.45) is 2.69. The molecular formula is C8H16N2O. The number of hydrogen-bond acceptors (Lipinski definition) is 3. The van der Waals surface area contributed by atoms with Crippen LogP contribution in [0.4, 0.5) is 0 Å². The molecule has 2 fully saturated rings. The van der Waals surface area contributed by atoms with Crippen molar-refractivity contribution in [2.45, 2.75) is 24.9 Å². The second-order valence-electron chi connectivity index (χ2n) is 3.50. The monoisotopic (exact) mass is 156 g/mol. The van der Waals surface area contributed by atoms with Crippen LogP contribution in [-0.4, -0.2) is 48.3 Å². The lowest BCUT2D eigenvalue weighted by Gasteiger charge is -2.38. The molecule has 1 aliphatic heterocycles. The molecule has 0 spiro atoms. The van der Waals surface area contributed by atoms with Crippen LogP contribution in [0.5, 0.6) is 0 Å². The van der Waals surface area contributed by atoms with E-state index in [0.29, 0.717) is 6.61 Å². The van der Waals surface area contributed by atoms with Crippen LogP contribution < -0.4 is 5.32 Å². The van der Waals surface area contributed by atoms with Gasteiger partial charge in [0.25, 0.3) is 0 Å². The van der Waals surface area contributed by atoms with Crippen molar-refractivity contribution in [1.29, 1.82) is 0 Å². The number of nitrogens with one attached hydrogen (secondary N) is 1. The summed E-state index contributed by atoms with van der Waals surface area (Å²) in [6, 6.07) is 1.52. The number of hydrogen-bond donors (Lipinski definition) is 2.